The third kappa shape index (κ3) is 2.86. The summed E-state index contributed by atoms with van der Waals surface area (Å²) in [5.74, 6) is 0. The molecule has 68 valence electrons. The van der Waals surface area contributed by atoms with E-state index in [0.29, 0.717) is 12.8 Å². The molecule has 0 fully saturated rings. The number of thiophene rings is 1. The summed E-state index contributed by atoms with van der Waals surface area (Å²) in [5, 5.41) is 18.1. The Hall–Kier alpha value is 0.1000. The lowest BCUT2D eigenvalue weighted by molar-refractivity contribution is 0.155. The summed E-state index contributed by atoms with van der Waals surface area (Å²) in [7, 11) is 0. The third-order valence-corrected chi connectivity index (χ3v) is 3.28. The minimum absolute atomic E-state index is 0.142. The molecule has 0 radical (unpaired) electrons. The molecule has 0 saturated carbocycles. The fourth-order valence-electron chi connectivity index (χ4n) is 0.934. The average Bonchev–Trinajstić information content (AvgIpc) is 2.47. The summed E-state index contributed by atoms with van der Waals surface area (Å²) in [4.78, 5) is 0.954. The van der Waals surface area contributed by atoms with Crippen LogP contribution in [0.15, 0.2) is 15.9 Å². The number of hydrogen-bond donors (Lipinski definition) is 2. The van der Waals surface area contributed by atoms with Gasteiger partial charge in [-0.3, -0.25) is 0 Å². The van der Waals surface area contributed by atoms with Crippen LogP contribution in [0, 0.1) is 0 Å². The van der Waals surface area contributed by atoms with Crippen LogP contribution in [0.1, 0.15) is 23.8 Å². The molecule has 0 spiro atoms. The van der Waals surface area contributed by atoms with Gasteiger partial charge in [0, 0.05) is 11.5 Å². The van der Waals surface area contributed by atoms with Crippen LogP contribution in [0.5, 0.6) is 0 Å². The third-order valence-electron chi connectivity index (χ3n) is 1.56. The van der Waals surface area contributed by atoms with Gasteiger partial charge in [-0.15, -0.1) is 11.3 Å². The van der Waals surface area contributed by atoms with Gasteiger partial charge in [-0.05, 0) is 40.9 Å². The number of aliphatic hydroxyl groups excluding tert-OH is 2. The Labute approximate surface area is 84.0 Å². The van der Waals surface area contributed by atoms with Crippen molar-refractivity contribution >= 4 is 27.3 Å². The van der Waals surface area contributed by atoms with Gasteiger partial charge in [-0.25, -0.2) is 0 Å². The number of halogens is 1. The first-order chi connectivity index (χ1) is 5.74. The highest BCUT2D eigenvalue weighted by Crippen LogP contribution is 2.29. The van der Waals surface area contributed by atoms with Crippen molar-refractivity contribution in [1.29, 1.82) is 0 Å². The summed E-state index contributed by atoms with van der Waals surface area (Å²) < 4.78 is 1.03. The molecule has 1 atom stereocenters. The van der Waals surface area contributed by atoms with E-state index in [9.17, 15) is 5.11 Å². The van der Waals surface area contributed by atoms with Gasteiger partial charge < -0.3 is 10.2 Å². The maximum absolute atomic E-state index is 9.54. The van der Waals surface area contributed by atoms with Crippen LogP contribution in [0.2, 0.25) is 0 Å². The molecule has 1 aromatic heterocycles. The minimum Gasteiger partial charge on any atom is -0.396 e. The highest BCUT2D eigenvalue weighted by Gasteiger charge is 2.08. The molecular weight excluding hydrogens is 240 g/mol. The second-order valence-corrected chi connectivity index (χ2v) is 5.02. The molecule has 12 heavy (non-hydrogen) atoms. The van der Waals surface area contributed by atoms with Gasteiger partial charge in [0.25, 0.3) is 0 Å². The Kier molecular flexibility index (Phi) is 4.21. The van der Waals surface area contributed by atoms with Crippen LogP contribution >= 0.6 is 27.3 Å². The normalized spacial score (nSPS) is 13.2. The molecule has 0 amide bonds. The van der Waals surface area contributed by atoms with E-state index >= 15 is 0 Å². The Morgan fingerprint density at radius 3 is 2.75 bits per heavy atom. The second kappa shape index (κ2) is 4.97. The maximum atomic E-state index is 9.54. The monoisotopic (exact) mass is 250 g/mol. The first-order valence-electron chi connectivity index (χ1n) is 3.78. The van der Waals surface area contributed by atoms with Gasteiger partial charge in [-0.2, -0.15) is 0 Å². The van der Waals surface area contributed by atoms with Crippen LogP contribution in [-0.4, -0.2) is 16.8 Å². The zero-order chi connectivity index (χ0) is 8.97. The van der Waals surface area contributed by atoms with Gasteiger partial charge in [0.1, 0.15) is 0 Å². The summed E-state index contributed by atoms with van der Waals surface area (Å²) in [6, 6.07) is 3.82. The van der Waals surface area contributed by atoms with Crippen molar-refractivity contribution in [2.24, 2.45) is 0 Å². The minimum atomic E-state index is -0.423. The SMILES string of the molecule is OCCCC(O)c1ccc(Br)s1. The average molecular weight is 251 g/mol. The van der Waals surface area contributed by atoms with E-state index in [-0.39, 0.29) is 6.61 Å². The summed E-state index contributed by atoms with van der Waals surface area (Å²) >= 11 is 4.86. The molecule has 1 aromatic rings. The Morgan fingerprint density at radius 2 is 2.25 bits per heavy atom. The molecule has 2 N–H and O–H groups in total. The summed E-state index contributed by atoms with van der Waals surface area (Å²) in [6.07, 6.45) is 0.855. The highest BCUT2D eigenvalue weighted by molar-refractivity contribution is 9.11. The molecule has 0 aromatic carbocycles. The zero-order valence-electron chi connectivity index (χ0n) is 6.53. The van der Waals surface area contributed by atoms with Gasteiger partial charge in [0.15, 0.2) is 0 Å². The fourth-order valence-corrected chi connectivity index (χ4v) is 2.38. The molecule has 0 aliphatic heterocycles. The molecule has 0 saturated heterocycles. The van der Waals surface area contributed by atoms with E-state index in [1.165, 1.54) is 11.3 Å². The Morgan fingerprint density at radius 1 is 1.50 bits per heavy atom. The molecule has 4 heteroatoms. The van der Waals surface area contributed by atoms with E-state index < -0.39 is 6.10 Å². The fraction of sp³-hybridized carbons (Fsp3) is 0.500. The van der Waals surface area contributed by atoms with Gasteiger partial charge in [-0.1, -0.05) is 0 Å². The van der Waals surface area contributed by atoms with Gasteiger partial charge >= 0.3 is 0 Å². The lowest BCUT2D eigenvalue weighted by Gasteiger charge is -2.05. The lowest BCUT2D eigenvalue weighted by atomic mass is 10.2. The van der Waals surface area contributed by atoms with Crippen LogP contribution < -0.4 is 0 Å². The van der Waals surface area contributed by atoms with Crippen molar-refractivity contribution in [2.75, 3.05) is 6.61 Å². The van der Waals surface area contributed by atoms with E-state index in [2.05, 4.69) is 15.9 Å². The van der Waals surface area contributed by atoms with Crippen molar-refractivity contribution in [3.8, 4) is 0 Å². The Bertz CT molecular complexity index is 237. The van der Waals surface area contributed by atoms with Crippen molar-refractivity contribution in [2.45, 2.75) is 18.9 Å². The smallest absolute Gasteiger partial charge is 0.0883 e. The molecular formula is C8H11BrO2S. The van der Waals surface area contributed by atoms with Gasteiger partial charge in [0.05, 0.1) is 9.89 Å². The standard InChI is InChI=1S/C8H11BrO2S/c9-8-4-3-7(12-8)6(11)2-1-5-10/h3-4,6,10-11H,1-2,5H2. The molecule has 1 rings (SSSR count). The molecule has 0 aliphatic carbocycles. The highest BCUT2D eigenvalue weighted by atomic mass is 79.9. The maximum Gasteiger partial charge on any atom is 0.0883 e. The quantitative estimate of drug-likeness (QED) is 0.862. The predicted octanol–water partition coefficient (Wildman–Crippen LogP) is 2.32. The van der Waals surface area contributed by atoms with Gasteiger partial charge in [0.2, 0.25) is 0 Å². The van der Waals surface area contributed by atoms with Crippen molar-refractivity contribution in [1.82, 2.24) is 0 Å². The zero-order valence-corrected chi connectivity index (χ0v) is 8.94. The van der Waals surface area contributed by atoms with E-state index in [4.69, 9.17) is 5.11 Å². The molecule has 2 nitrogen and oxygen atoms in total. The topological polar surface area (TPSA) is 40.5 Å². The van der Waals surface area contributed by atoms with Crippen LogP contribution in [0.4, 0.5) is 0 Å². The first kappa shape index (κ1) is 10.2. The van der Waals surface area contributed by atoms with Crippen molar-refractivity contribution in [3.05, 3.63) is 20.8 Å². The molecule has 0 bridgehead atoms. The summed E-state index contributed by atoms with van der Waals surface area (Å²) in [5.41, 5.74) is 0. The molecule has 1 unspecified atom stereocenters. The van der Waals surface area contributed by atoms with Crippen molar-refractivity contribution < 1.29 is 10.2 Å². The number of hydrogen-bond acceptors (Lipinski definition) is 3. The van der Waals surface area contributed by atoms with Crippen LogP contribution in [-0.2, 0) is 0 Å². The largest absolute Gasteiger partial charge is 0.396 e. The summed E-state index contributed by atoms with van der Waals surface area (Å²) in [6.45, 7) is 0.142. The van der Waals surface area contributed by atoms with Crippen molar-refractivity contribution in [3.63, 3.8) is 0 Å². The molecule has 1 heterocycles. The Balaban J connectivity index is 2.47. The van der Waals surface area contributed by atoms with Crippen LogP contribution in [0.3, 0.4) is 0 Å². The number of aliphatic hydroxyl groups is 2. The second-order valence-electron chi connectivity index (χ2n) is 2.52. The van der Waals surface area contributed by atoms with Crippen LogP contribution in [0.25, 0.3) is 0 Å². The lowest BCUT2D eigenvalue weighted by Crippen LogP contribution is -1.95. The predicted molar refractivity (Wildman–Crippen MR) is 53.3 cm³/mol. The number of rotatable bonds is 4. The molecule has 0 aliphatic rings. The first-order valence-corrected chi connectivity index (χ1v) is 5.39. The van der Waals surface area contributed by atoms with E-state index in [1.54, 1.807) is 0 Å². The van der Waals surface area contributed by atoms with E-state index in [1.807, 2.05) is 12.1 Å². The van der Waals surface area contributed by atoms with E-state index in [0.717, 1.165) is 8.66 Å².